The number of amides is 1. The molecule has 1 aromatic carbocycles. The Balaban J connectivity index is 1.80. The second-order valence-corrected chi connectivity index (χ2v) is 6.35. The van der Waals surface area contributed by atoms with E-state index in [9.17, 15) is 9.18 Å². The number of ether oxygens (including phenoxy) is 1. The van der Waals surface area contributed by atoms with Crippen molar-refractivity contribution in [2.75, 3.05) is 19.7 Å². The van der Waals surface area contributed by atoms with E-state index in [0.717, 1.165) is 0 Å². The lowest BCUT2D eigenvalue weighted by molar-refractivity contribution is -0.144. The zero-order valence-corrected chi connectivity index (χ0v) is 13.8. The predicted octanol–water partition coefficient (Wildman–Crippen LogP) is 2.49. The van der Waals surface area contributed by atoms with Gasteiger partial charge >= 0.3 is 0 Å². The third-order valence-corrected chi connectivity index (χ3v) is 4.35. The average molecular weight is 329 g/mol. The van der Waals surface area contributed by atoms with Gasteiger partial charge in [-0.1, -0.05) is 18.2 Å². The van der Waals surface area contributed by atoms with Crippen molar-refractivity contribution in [1.82, 2.24) is 14.9 Å². The van der Waals surface area contributed by atoms with E-state index in [1.54, 1.807) is 55.5 Å². The van der Waals surface area contributed by atoms with Crippen molar-refractivity contribution in [1.29, 1.82) is 0 Å². The average Bonchev–Trinajstić information content (AvgIpc) is 2.62. The second-order valence-electron chi connectivity index (χ2n) is 6.35. The Labute approximate surface area is 140 Å². The number of halogens is 1. The standard InChI is InChI=1S/C18H20FN3O2/c1-18(2,13-5-3-4-6-14(13)19)17(23)22-9-10-24-16(12-22)15-11-20-7-8-21-15/h3-8,11,16H,9-10,12H2,1-2H3/t16-/m1/s1. The summed E-state index contributed by atoms with van der Waals surface area (Å²) in [5.74, 6) is -0.487. The minimum atomic E-state index is -0.949. The Hall–Kier alpha value is -2.34. The molecular weight excluding hydrogens is 309 g/mol. The first-order chi connectivity index (χ1) is 11.5. The number of benzene rings is 1. The van der Waals surface area contributed by atoms with Crippen molar-refractivity contribution in [3.8, 4) is 0 Å². The van der Waals surface area contributed by atoms with Crippen molar-refractivity contribution >= 4 is 5.91 Å². The molecule has 0 spiro atoms. The Bertz CT molecular complexity index is 721. The molecule has 24 heavy (non-hydrogen) atoms. The molecule has 1 saturated heterocycles. The lowest BCUT2D eigenvalue weighted by atomic mass is 9.82. The monoisotopic (exact) mass is 329 g/mol. The van der Waals surface area contributed by atoms with Crippen LogP contribution in [0.5, 0.6) is 0 Å². The van der Waals surface area contributed by atoms with Crippen molar-refractivity contribution in [2.45, 2.75) is 25.4 Å². The fourth-order valence-electron chi connectivity index (χ4n) is 2.97. The van der Waals surface area contributed by atoms with Gasteiger partial charge < -0.3 is 9.64 Å². The number of carbonyl (C=O) groups is 1. The summed E-state index contributed by atoms with van der Waals surface area (Å²) in [6.07, 6.45) is 4.52. The number of morpholine rings is 1. The molecule has 6 heteroatoms. The summed E-state index contributed by atoms with van der Waals surface area (Å²) in [6.45, 7) is 4.78. The van der Waals surface area contributed by atoms with Crippen LogP contribution >= 0.6 is 0 Å². The molecule has 1 fully saturated rings. The molecule has 0 bridgehead atoms. The van der Waals surface area contributed by atoms with E-state index in [1.807, 2.05) is 0 Å². The molecule has 126 valence electrons. The zero-order valence-electron chi connectivity index (χ0n) is 13.8. The van der Waals surface area contributed by atoms with Crippen molar-refractivity contribution in [2.24, 2.45) is 0 Å². The first-order valence-corrected chi connectivity index (χ1v) is 7.92. The maximum absolute atomic E-state index is 14.1. The number of hydrogen-bond acceptors (Lipinski definition) is 4. The molecule has 1 aromatic heterocycles. The van der Waals surface area contributed by atoms with Crippen molar-refractivity contribution in [3.05, 3.63) is 59.9 Å². The zero-order chi connectivity index (χ0) is 17.2. The number of hydrogen-bond donors (Lipinski definition) is 0. The second kappa shape index (κ2) is 6.65. The summed E-state index contributed by atoms with van der Waals surface area (Å²) in [7, 11) is 0. The maximum atomic E-state index is 14.1. The highest BCUT2D eigenvalue weighted by Crippen LogP contribution is 2.30. The van der Waals surface area contributed by atoms with Crippen LogP contribution in [0.3, 0.4) is 0 Å². The molecule has 0 unspecified atom stereocenters. The lowest BCUT2D eigenvalue weighted by Crippen LogP contribution is -2.49. The summed E-state index contributed by atoms with van der Waals surface area (Å²) >= 11 is 0. The largest absolute Gasteiger partial charge is 0.368 e. The molecular formula is C18H20FN3O2. The van der Waals surface area contributed by atoms with E-state index in [1.165, 1.54) is 6.07 Å². The number of carbonyl (C=O) groups excluding carboxylic acids is 1. The van der Waals surface area contributed by atoms with E-state index >= 15 is 0 Å². The topological polar surface area (TPSA) is 55.3 Å². The van der Waals surface area contributed by atoms with Gasteiger partial charge in [0.05, 0.1) is 30.5 Å². The van der Waals surface area contributed by atoms with E-state index in [2.05, 4.69) is 9.97 Å². The van der Waals surface area contributed by atoms with E-state index in [4.69, 9.17) is 4.74 Å². The van der Waals surface area contributed by atoms with Crippen LogP contribution < -0.4 is 0 Å². The first-order valence-electron chi connectivity index (χ1n) is 7.92. The van der Waals surface area contributed by atoms with Gasteiger partial charge in [0.25, 0.3) is 0 Å². The molecule has 1 amide bonds. The third kappa shape index (κ3) is 3.14. The Morgan fingerprint density at radius 2 is 2.12 bits per heavy atom. The summed E-state index contributed by atoms with van der Waals surface area (Å²) < 4.78 is 19.9. The normalized spacial score (nSPS) is 18.5. The van der Waals surface area contributed by atoms with Crippen LogP contribution in [0.4, 0.5) is 4.39 Å². The van der Waals surface area contributed by atoms with Crippen molar-refractivity contribution in [3.63, 3.8) is 0 Å². The van der Waals surface area contributed by atoms with Crippen LogP contribution in [0.1, 0.15) is 31.2 Å². The molecule has 0 radical (unpaired) electrons. The van der Waals surface area contributed by atoms with Crippen molar-refractivity contribution < 1.29 is 13.9 Å². The highest BCUT2D eigenvalue weighted by molar-refractivity contribution is 5.87. The minimum Gasteiger partial charge on any atom is -0.368 e. The lowest BCUT2D eigenvalue weighted by Gasteiger charge is -2.37. The van der Waals surface area contributed by atoms with E-state index in [-0.39, 0.29) is 17.8 Å². The fraction of sp³-hybridized carbons (Fsp3) is 0.389. The summed E-state index contributed by atoms with van der Waals surface area (Å²) in [5.41, 5.74) is 0.145. The van der Waals surface area contributed by atoms with Crippen LogP contribution in [0.15, 0.2) is 42.9 Å². The Morgan fingerprint density at radius 1 is 1.33 bits per heavy atom. The van der Waals surface area contributed by atoms with Gasteiger partial charge in [0.15, 0.2) is 0 Å². The van der Waals surface area contributed by atoms with Gasteiger partial charge in [0.2, 0.25) is 5.91 Å². The predicted molar refractivity (Wildman–Crippen MR) is 86.7 cm³/mol. The number of aromatic nitrogens is 2. The molecule has 1 atom stereocenters. The SMILES string of the molecule is CC(C)(C(=O)N1CCO[C@@H](c2cnccn2)C1)c1ccccc1F. The highest BCUT2D eigenvalue weighted by atomic mass is 19.1. The number of nitrogens with zero attached hydrogens (tertiary/aromatic N) is 3. The molecule has 1 aliphatic heterocycles. The quantitative estimate of drug-likeness (QED) is 0.868. The molecule has 0 aliphatic carbocycles. The first kappa shape index (κ1) is 16.5. The van der Waals surface area contributed by atoms with Gasteiger partial charge in [-0.3, -0.25) is 14.8 Å². The van der Waals surface area contributed by atoms with Crippen LogP contribution in [-0.2, 0) is 14.9 Å². The highest BCUT2D eigenvalue weighted by Gasteiger charge is 2.38. The summed E-state index contributed by atoms with van der Waals surface area (Å²) in [5, 5.41) is 0. The molecule has 1 aliphatic rings. The van der Waals surface area contributed by atoms with Gasteiger partial charge in [0, 0.05) is 24.5 Å². The van der Waals surface area contributed by atoms with Crippen LogP contribution in [0.2, 0.25) is 0 Å². The smallest absolute Gasteiger partial charge is 0.232 e. The fourth-order valence-corrected chi connectivity index (χ4v) is 2.97. The third-order valence-electron chi connectivity index (χ3n) is 4.35. The molecule has 5 nitrogen and oxygen atoms in total. The van der Waals surface area contributed by atoms with Crippen LogP contribution in [0.25, 0.3) is 0 Å². The molecule has 0 N–H and O–H groups in total. The van der Waals surface area contributed by atoms with Crippen LogP contribution in [0, 0.1) is 5.82 Å². The molecule has 0 saturated carbocycles. The molecule has 3 rings (SSSR count). The molecule has 2 heterocycles. The molecule has 2 aromatic rings. The Morgan fingerprint density at radius 3 is 2.83 bits per heavy atom. The van der Waals surface area contributed by atoms with Gasteiger partial charge in [-0.15, -0.1) is 0 Å². The number of rotatable bonds is 3. The maximum Gasteiger partial charge on any atom is 0.232 e. The van der Waals surface area contributed by atoms with Gasteiger partial charge in [-0.05, 0) is 19.9 Å². The summed E-state index contributed by atoms with van der Waals surface area (Å²) in [6, 6.07) is 6.41. The van der Waals surface area contributed by atoms with Gasteiger partial charge in [-0.25, -0.2) is 4.39 Å². The Kier molecular flexibility index (Phi) is 4.57. The van der Waals surface area contributed by atoms with Gasteiger partial charge in [0.1, 0.15) is 11.9 Å². The van der Waals surface area contributed by atoms with E-state index in [0.29, 0.717) is 31.0 Å². The minimum absolute atomic E-state index is 0.121. The van der Waals surface area contributed by atoms with Gasteiger partial charge in [-0.2, -0.15) is 0 Å². The summed E-state index contributed by atoms with van der Waals surface area (Å²) in [4.78, 5) is 23.0. The van der Waals surface area contributed by atoms with E-state index < -0.39 is 5.41 Å². The van der Waals surface area contributed by atoms with Crippen LogP contribution in [-0.4, -0.2) is 40.5 Å².